The Morgan fingerprint density at radius 3 is 2.80 bits per heavy atom. The summed E-state index contributed by atoms with van der Waals surface area (Å²) >= 11 is 1.83. The van der Waals surface area contributed by atoms with E-state index in [2.05, 4.69) is 36.7 Å². The molecule has 2 atom stereocenters. The van der Waals surface area contributed by atoms with Crippen molar-refractivity contribution in [3.05, 3.63) is 22.4 Å². The summed E-state index contributed by atoms with van der Waals surface area (Å²) in [5.41, 5.74) is 0. The molecule has 1 heterocycles. The van der Waals surface area contributed by atoms with Gasteiger partial charge >= 0.3 is 0 Å². The predicted octanol–water partition coefficient (Wildman–Crippen LogP) is 3.21. The monoisotopic (exact) mass is 227 g/mol. The van der Waals surface area contributed by atoms with Crippen molar-refractivity contribution in [1.29, 1.82) is 0 Å². The van der Waals surface area contributed by atoms with Gasteiger partial charge in [-0.05, 0) is 37.8 Å². The summed E-state index contributed by atoms with van der Waals surface area (Å²) in [6, 6.07) is 4.81. The number of ether oxygens (including phenoxy) is 1. The van der Waals surface area contributed by atoms with Gasteiger partial charge in [0.2, 0.25) is 0 Å². The van der Waals surface area contributed by atoms with Gasteiger partial charge in [-0.25, -0.2) is 0 Å². The average molecular weight is 227 g/mol. The van der Waals surface area contributed by atoms with Crippen LogP contribution in [0.15, 0.2) is 17.5 Å². The van der Waals surface area contributed by atoms with Crippen molar-refractivity contribution in [3.8, 4) is 0 Å². The lowest BCUT2D eigenvalue weighted by molar-refractivity contribution is 0.106. The molecule has 15 heavy (non-hydrogen) atoms. The Kier molecular flexibility index (Phi) is 5.91. The molecule has 0 radical (unpaired) electrons. The SMILES string of the molecule is CCNC(CCC(C)OC)c1cccs1. The van der Waals surface area contributed by atoms with E-state index in [1.807, 2.05) is 11.3 Å². The molecule has 0 saturated carbocycles. The maximum Gasteiger partial charge on any atom is 0.0543 e. The fourth-order valence-corrected chi connectivity index (χ4v) is 2.44. The highest BCUT2D eigenvalue weighted by Crippen LogP contribution is 2.24. The maximum atomic E-state index is 5.27. The molecule has 1 N–H and O–H groups in total. The van der Waals surface area contributed by atoms with Gasteiger partial charge in [0.15, 0.2) is 0 Å². The lowest BCUT2D eigenvalue weighted by Gasteiger charge is -2.18. The summed E-state index contributed by atoms with van der Waals surface area (Å²) in [6.45, 7) is 5.29. The molecule has 3 heteroatoms. The molecule has 0 aliphatic rings. The first kappa shape index (κ1) is 12.7. The quantitative estimate of drug-likeness (QED) is 0.772. The van der Waals surface area contributed by atoms with Crippen LogP contribution in [-0.2, 0) is 4.74 Å². The second-order valence-electron chi connectivity index (χ2n) is 3.75. The largest absolute Gasteiger partial charge is 0.382 e. The molecule has 1 rings (SSSR count). The van der Waals surface area contributed by atoms with E-state index in [1.54, 1.807) is 7.11 Å². The number of hydrogen-bond acceptors (Lipinski definition) is 3. The van der Waals surface area contributed by atoms with Crippen molar-refractivity contribution in [2.45, 2.75) is 38.8 Å². The Morgan fingerprint density at radius 1 is 1.47 bits per heavy atom. The van der Waals surface area contributed by atoms with Crippen LogP contribution in [-0.4, -0.2) is 19.8 Å². The summed E-state index contributed by atoms with van der Waals surface area (Å²) in [7, 11) is 1.78. The number of thiophene rings is 1. The Hall–Kier alpha value is -0.380. The molecule has 1 aromatic rings. The second kappa shape index (κ2) is 6.99. The summed E-state index contributed by atoms with van der Waals surface area (Å²) in [5, 5.41) is 5.66. The van der Waals surface area contributed by atoms with Crippen LogP contribution in [0.3, 0.4) is 0 Å². The highest BCUT2D eigenvalue weighted by atomic mass is 32.1. The Morgan fingerprint density at radius 2 is 2.27 bits per heavy atom. The van der Waals surface area contributed by atoms with Gasteiger partial charge in [0.1, 0.15) is 0 Å². The number of methoxy groups -OCH3 is 1. The van der Waals surface area contributed by atoms with E-state index in [-0.39, 0.29) is 0 Å². The number of hydrogen-bond donors (Lipinski definition) is 1. The highest BCUT2D eigenvalue weighted by molar-refractivity contribution is 7.10. The van der Waals surface area contributed by atoms with E-state index in [4.69, 9.17) is 4.74 Å². The summed E-state index contributed by atoms with van der Waals surface area (Å²) in [6.07, 6.45) is 2.60. The van der Waals surface area contributed by atoms with Gasteiger partial charge in [-0.1, -0.05) is 13.0 Å². The fourth-order valence-electron chi connectivity index (χ4n) is 1.60. The van der Waals surface area contributed by atoms with E-state index in [9.17, 15) is 0 Å². The minimum atomic E-state index is 0.353. The van der Waals surface area contributed by atoms with Crippen LogP contribution in [0.2, 0.25) is 0 Å². The van der Waals surface area contributed by atoms with Crippen LogP contribution in [0.5, 0.6) is 0 Å². The van der Waals surface area contributed by atoms with Crippen molar-refractivity contribution in [2.24, 2.45) is 0 Å². The Balaban J connectivity index is 2.44. The molecule has 0 fully saturated rings. The summed E-state index contributed by atoms with van der Waals surface area (Å²) < 4.78 is 5.27. The molecule has 0 amide bonds. The smallest absolute Gasteiger partial charge is 0.0543 e. The zero-order valence-electron chi connectivity index (χ0n) is 9.82. The molecule has 0 aromatic carbocycles. The molecule has 86 valence electrons. The van der Waals surface area contributed by atoms with Crippen molar-refractivity contribution >= 4 is 11.3 Å². The number of rotatable bonds is 7. The van der Waals surface area contributed by atoms with Gasteiger partial charge < -0.3 is 10.1 Å². The normalized spacial score (nSPS) is 15.1. The second-order valence-corrected chi connectivity index (χ2v) is 4.73. The van der Waals surface area contributed by atoms with Gasteiger partial charge in [0.25, 0.3) is 0 Å². The first-order valence-electron chi connectivity index (χ1n) is 5.57. The lowest BCUT2D eigenvalue weighted by atomic mass is 10.1. The van der Waals surface area contributed by atoms with Crippen molar-refractivity contribution < 1.29 is 4.74 Å². The molecular formula is C12H21NOS. The molecule has 2 nitrogen and oxygen atoms in total. The first-order valence-corrected chi connectivity index (χ1v) is 6.45. The topological polar surface area (TPSA) is 21.3 Å². The van der Waals surface area contributed by atoms with Crippen LogP contribution >= 0.6 is 11.3 Å². The Bertz CT molecular complexity index is 248. The minimum absolute atomic E-state index is 0.353. The predicted molar refractivity (Wildman–Crippen MR) is 66.4 cm³/mol. The molecule has 1 aromatic heterocycles. The zero-order valence-corrected chi connectivity index (χ0v) is 10.6. The highest BCUT2D eigenvalue weighted by Gasteiger charge is 2.12. The van der Waals surface area contributed by atoms with E-state index in [1.165, 1.54) is 4.88 Å². The third kappa shape index (κ3) is 4.33. The van der Waals surface area contributed by atoms with Crippen molar-refractivity contribution in [1.82, 2.24) is 5.32 Å². The molecule has 2 unspecified atom stereocenters. The summed E-state index contributed by atoms with van der Waals surface area (Å²) in [4.78, 5) is 1.43. The van der Waals surface area contributed by atoms with Gasteiger partial charge in [0.05, 0.1) is 6.10 Å². The molecule has 0 bridgehead atoms. The fraction of sp³-hybridized carbons (Fsp3) is 0.667. The van der Waals surface area contributed by atoms with E-state index >= 15 is 0 Å². The van der Waals surface area contributed by atoms with Crippen LogP contribution in [0.1, 0.15) is 37.6 Å². The van der Waals surface area contributed by atoms with Crippen molar-refractivity contribution in [2.75, 3.05) is 13.7 Å². The van der Waals surface area contributed by atoms with Crippen LogP contribution < -0.4 is 5.32 Å². The van der Waals surface area contributed by atoms with E-state index < -0.39 is 0 Å². The molecule has 0 saturated heterocycles. The first-order chi connectivity index (χ1) is 7.27. The lowest BCUT2D eigenvalue weighted by Crippen LogP contribution is -2.21. The van der Waals surface area contributed by atoms with Crippen LogP contribution in [0.4, 0.5) is 0 Å². The third-order valence-electron chi connectivity index (χ3n) is 2.60. The van der Waals surface area contributed by atoms with Gasteiger partial charge in [0, 0.05) is 18.0 Å². The van der Waals surface area contributed by atoms with Gasteiger partial charge in [-0.2, -0.15) is 0 Å². The molecule has 0 aliphatic carbocycles. The van der Waals surface area contributed by atoms with Crippen LogP contribution in [0, 0.1) is 0 Å². The standard InChI is InChI=1S/C12H21NOS/c1-4-13-11(8-7-10(2)14-3)12-6-5-9-15-12/h5-6,9-11,13H,4,7-8H2,1-3H3. The van der Waals surface area contributed by atoms with Gasteiger partial charge in [-0.15, -0.1) is 11.3 Å². The Labute approximate surface area is 96.7 Å². The summed E-state index contributed by atoms with van der Waals surface area (Å²) in [5.74, 6) is 0. The average Bonchev–Trinajstić information content (AvgIpc) is 2.76. The van der Waals surface area contributed by atoms with Crippen molar-refractivity contribution in [3.63, 3.8) is 0 Å². The number of nitrogens with one attached hydrogen (secondary N) is 1. The molecule has 0 aliphatic heterocycles. The van der Waals surface area contributed by atoms with E-state index in [0.29, 0.717) is 12.1 Å². The van der Waals surface area contributed by atoms with Gasteiger partial charge in [-0.3, -0.25) is 0 Å². The van der Waals surface area contributed by atoms with Crippen LogP contribution in [0.25, 0.3) is 0 Å². The minimum Gasteiger partial charge on any atom is -0.382 e. The molecular weight excluding hydrogens is 206 g/mol. The maximum absolute atomic E-state index is 5.27. The molecule has 0 spiro atoms. The van der Waals surface area contributed by atoms with E-state index in [0.717, 1.165) is 19.4 Å². The third-order valence-corrected chi connectivity index (χ3v) is 3.59. The zero-order chi connectivity index (χ0) is 11.1.